The van der Waals surface area contributed by atoms with Crippen molar-refractivity contribution >= 4 is 11.6 Å². The minimum atomic E-state index is 0.272. The van der Waals surface area contributed by atoms with Crippen molar-refractivity contribution in [2.45, 2.75) is 32.3 Å². The summed E-state index contributed by atoms with van der Waals surface area (Å²) < 4.78 is 6.07. The number of rotatable bonds is 5. The molecule has 1 heterocycles. The monoisotopic (exact) mass is 300 g/mol. The van der Waals surface area contributed by atoms with Gasteiger partial charge in [-0.05, 0) is 42.9 Å². The predicted molar refractivity (Wildman–Crippen MR) is 88.3 cm³/mol. The Morgan fingerprint density at radius 2 is 2.00 bits per heavy atom. The normalized spacial score (nSPS) is 18.1. The summed E-state index contributed by atoms with van der Waals surface area (Å²) in [5.41, 5.74) is 4.00. The van der Waals surface area contributed by atoms with Gasteiger partial charge in [-0.15, -0.1) is 11.6 Å². The number of hydrogen-bond acceptors (Lipinski definition) is 1. The summed E-state index contributed by atoms with van der Waals surface area (Å²) in [6.07, 6.45) is 3.33. The molecule has 0 N–H and O–H groups in total. The molecule has 0 bridgehead atoms. The number of fused-ring (bicyclic) bond motifs is 1. The van der Waals surface area contributed by atoms with Crippen LogP contribution in [0.4, 0.5) is 0 Å². The maximum atomic E-state index is 6.18. The van der Waals surface area contributed by atoms with Gasteiger partial charge in [0.25, 0.3) is 0 Å². The molecule has 1 aliphatic rings. The molecule has 2 atom stereocenters. The quantitative estimate of drug-likeness (QED) is 0.722. The SMILES string of the molecule is Cc1ccc2c(c1)CC(CC(CCl)Cc1ccccc1)O2. The predicted octanol–water partition coefficient (Wildman–Crippen LogP) is 4.79. The van der Waals surface area contributed by atoms with E-state index in [2.05, 4.69) is 55.5 Å². The molecule has 2 aromatic carbocycles. The van der Waals surface area contributed by atoms with Crippen LogP contribution in [0.2, 0.25) is 0 Å². The highest BCUT2D eigenvalue weighted by Gasteiger charge is 2.25. The third-order valence-electron chi connectivity index (χ3n) is 4.14. The van der Waals surface area contributed by atoms with E-state index in [9.17, 15) is 0 Å². The fraction of sp³-hybridized carbons (Fsp3) is 0.368. The molecule has 0 radical (unpaired) electrons. The van der Waals surface area contributed by atoms with Gasteiger partial charge < -0.3 is 4.74 Å². The minimum absolute atomic E-state index is 0.272. The van der Waals surface area contributed by atoms with Crippen molar-refractivity contribution in [1.82, 2.24) is 0 Å². The Hall–Kier alpha value is -1.47. The molecule has 0 fully saturated rings. The first-order valence-corrected chi connectivity index (χ1v) is 8.14. The first-order chi connectivity index (χ1) is 10.2. The Balaban J connectivity index is 1.61. The molecule has 0 aromatic heterocycles. The molecule has 0 amide bonds. The smallest absolute Gasteiger partial charge is 0.123 e. The van der Waals surface area contributed by atoms with Gasteiger partial charge in [-0.2, -0.15) is 0 Å². The van der Waals surface area contributed by atoms with Crippen LogP contribution in [0.15, 0.2) is 48.5 Å². The molecule has 110 valence electrons. The summed E-state index contributed by atoms with van der Waals surface area (Å²) in [6.45, 7) is 2.13. The van der Waals surface area contributed by atoms with Crippen LogP contribution >= 0.6 is 11.6 Å². The van der Waals surface area contributed by atoms with E-state index >= 15 is 0 Å². The third kappa shape index (κ3) is 3.59. The number of ether oxygens (including phenoxy) is 1. The van der Waals surface area contributed by atoms with E-state index in [0.717, 1.165) is 25.0 Å². The number of hydrogen-bond donors (Lipinski definition) is 0. The zero-order valence-electron chi connectivity index (χ0n) is 12.4. The Morgan fingerprint density at radius 1 is 1.19 bits per heavy atom. The zero-order chi connectivity index (χ0) is 14.7. The second kappa shape index (κ2) is 6.53. The van der Waals surface area contributed by atoms with Gasteiger partial charge in [0.15, 0.2) is 0 Å². The highest BCUT2D eigenvalue weighted by Crippen LogP contribution is 2.32. The topological polar surface area (TPSA) is 9.23 Å². The van der Waals surface area contributed by atoms with Gasteiger partial charge >= 0.3 is 0 Å². The van der Waals surface area contributed by atoms with Crippen molar-refractivity contribution in [1.29, 1.82) is 0 Å². The highest BCUT2D eigenvalue weighted by molar-refractivity contribution is 6.18. The van der Waals surface area contributed by atoms with Gasteiger partial charge in [-0.25, -0.2) is 0 Å². The standard InChI is InChI=1S/C19H21ClO/c1-14-7-8-19-17(9-14)12-18(21-19)11-16(13-20)10-15-5-3-2-4-6-15/h2-9,16,18H,10-13H2,1H3. The lowest BCUT2D eigenvalue weighted by Gasteiger charge is -2.18. The second-order valence-electron chi connectivity index (χ2n) is 6.00. The Kier molecular flexibility index (Phi) is 4.50. The van der Waals surface area contributed by atoms with Gasteiger partial charge in [-0.3, -0.25) is 0 Å². The molecule has 0 spiro atoms. The van der Waals surface area contributed by atoms with Gasteiger partial charge in [-0.1, -0.05) is 48.0 Å². The molecule has 2 unspecified atom stereocenters. The van der Waals surface area contributed by atoms with E-state index in [0.29, 0.717) is 11.8 Å². The number of halogens is 1. The average Bonchev–Trinajstić information content (AvgIpc) is 2.89. The van der Waals surface area contributed by atoms with E-state index in [1.165, 1.54) is 16.7 Å². The summed E-state index contributed by atoms with van der Waals surface area (Å²) in [5.74, 6) is 2.21. The van der Waals surface area contributed by atoms with Gasteiger partial charge in [0.1, 0.15) is 11.9 Å². The van der Waals surface area contributed by atoms with Crippen LogP contribution in [-0.4, -0.2) is 12.0 Å². The first kappa shape index (κ1) is 14.5. The molecule has 1 nitrogen and oxygen atoms in total. The Morgan fingerprint density at radius 3 is 2.76 bits per heavy atom. The van der Waals surface area contributed by atoms with Crippen LogP contribution in [0, 0.1) is 12.8 Å². The van der Waals surface area contributed by atoms with Gasteiger partial charge in [0.2, 0.25) is 0 Å². The van der Waals surface area contributed by atoms with Gasteiger partial charge in [0, 0.05) is 12.3 Å². The highest BCUT2D eigenvalue weighted by atomic mass is 35.5. The molecular formula is C19H21ClO. The van der Waals surface area contributed by atoms with E-state index < -0.39 is 0 Å². The summed E-state index contributed by atoms with van der Waals surface area (Å²) in [6, 6.07) is 17.0. The Labute approximate surface area is 131 Å². The number of benzene rings is 2. The summed E-state index contributed by atoms with van der Waals surface area (Å²) in [4.78, 5) is 0. The minimum Gasteiger partial charge on any atom is -0.490 e. The van der Waals surface area contributed by atoms with Crippen LogP contribution in [0.5, 0.6) is 5.75 Å². The van der Waals surface area contributed by atoms with Crippen molar-refractivity contribution in [2.75, 3.05) is 5.88 Å². The van der Waals surface area contributed by atoms with Crippen LogP contribution in [0.3, 0.4) is 0 Å². The fourth-order valence-electron chi connectivity index (χ4n) is 3.10. The van der Waals surface area contributed by atoms with Crippen LogP contribution in [-0.2, 0) is 12.8 Å². The van der Waals surface area contributed by atoms with Crippen molar-refractivity contribution in [3.63, 3.8) is 0 Å². The Bertz CT molecular complexity index is 594. The largest absolute Gasteiger partial charge is 0.490 e. The second-order valence-corrected chi connectivity index (χ2v) is 6.31. The zero-order valence-corrected chi connectivity index (χ0v) is 13.1. The van der Waals surface area contributed by atoms with Crippen molar-refractivity contribution < 1.29 is 4.74 Å². The number of aryl methyl sites for hydroxylation is 1. The molecule has 0 aliphatic carbocycles. The van der Waals surface area contributed by atoms with Crippen molar-refractivity contribution in [2.24, 2.45) is 5.92 Å². The third-order valence-corrected chi connectivity index (χ3v) is 4.58. The molecule has 21 heavy (non-hydrogen) atoms. The molecule has 3 rings (SSSR count). The molecular weight excluding hydrogens is 280 g/mol. The van der Waals surface area contributed by atoms with Crippen molar-refractivity contribution in [3.8, 4) is 5.75 Å². The van der Waals surface area contributed by atoms with Crippen molar-refractivity contribution in [3.05, 3.63) is 65.2 Å². The van der Waals surface area contributed by atoms with E-state index in [1.54, 1.807) is 0 Å². The lowest BCUT2D eigenvalue weighted by molar-refractivity contribution is 0.198. The summed E-state index contributed by atoms with van der Waals surface area (Å²) >= 11 is 6.18. The summed E-state index contributed by atoms with van der Waals surface area (Å²) in [7, 11) is 0. The van der Waals surface area contributed by atoms with Crippen LogP contribution in [0.1, 0.15) is 23.1 Å². The summed E-state index contributed by atoms with van der Waals surface area (Å²) in [5, 5.41) is 0. The van der Waals surface area contributed by atoms with Gasteiger partial charge in [0.05, 0.1) is 0 Å². The lowest BCUT2D eigenvalue weighted by atomic mass is 9.93. The van der Waals surface area contributed by atoms with Crippen LogP contribution < -0.4 is 4.74 Å². The van der Waals surface area contributed by atoms with E-state index in [4.69, 9.17) is 16.3 Å². The lowest BCUT2D eigenvalue weighted by Crippen LogP contribution is -2.20. The first-order valence-electron chi connectivity index (χ1n) is 7.60. The number of alkyl halides is 1. The maximum absolute atomic E-state index is 6.18. The molecule has 2 heteroatoms. The molecule has 1 aliphatic heterocycles. The maximum Gasteiger partial charge on any atom is 0.123 e. The average molecular weight is 301 g/mol. The molecule has 2 aromatic rings. The molecule has 0 saturated heterocycles. The van der Waals surface area contributed by atoms with Crippen LogP contribution in [0.25, 0.3) is 0 Å². The van der Waals surface area contributed by atoms with E-state index in [-0.39, 0.29) is 6.10 Å². The van der Waals surface area contributed by atoms with E-state index in [1.807, 2.05) is 0 Å². The fourth-order valence-corrected chi connectivity index (χ4v) is 3.34. The molecule has 0 saturated carbocycles.